The molecule has 1 aromatic rings. The van der Waals surface area contributed by atoms with Gasteiger partial charge in [-0.2, -0.15) is 0 Å². The molecule has 0 aliphatic rings. The highest BCUT2D eigenvalue weighted by Gasteiger charge is 2.26. The number of aliphatic carboxylic acids is 1. The predicted octanol–water partition coefficient (Wildman–Crippen LogP) is 3.09. The summed E-state index contributed by atoms with van der Waals surface area (Å²) in [6.45, 7) is 7.55. The maximum absolute atomic E-state index is 10.9. The molecule has 16 heavy (non-hydrogen) atoms. The molecule has 0 aromatic heterocycles. The second kappa shape index (κ2) is 4.56. The van der Waals surface area contributed by atoms with Crippen LogP contribution in [0, 0.1) is 0 Å². The number of anilines is 1. The molecule has 2 N–H and O–H groups in total. The second-order valence-electron chi connectivity index (χ2n) is 4.83. The zero-order valence-electron chi connectivity index (χ0n) is 10.2. The average Bonchev–Trinajstić information content (AvgIpc) is 2.17. The lowest BCUT2D eigenvalue weighted by molar-refractivity contribution is -0.141. The van der Waals surface area contributed by atoms with Gasteiger partial charge in [0.2, 0.25) is 0 Å². The molecule has 0 amide bonds. The first-order chi connectivity index (χ1) is 7.33. The van der Waals surface area contributed by atoms with Gasteiger partial charge in [0.05, 0.1) is 0 Å². The van der Waals surface area contributed by atoms with Crippen molar-refractivity contribution in [3.63, 3.8) is 0 Å². The van der Waals surface area contributed by atoms with Crippen LogP contribution in [0.4, 0.5) is 5.69 Å². The standard InChI is InChI=1S/C13H19NO2/c1-9(2)10-5-7-11(8-6-10)14-13(3,4)12(15)16/h5-9,14H,1-4H3,(H,15,16). The first-order valence-electron chi connectivity index (χ1n) is 5.44. The van der Waals surface area contributed by atoms with Crippen molar-refractivity contribution in [2.45, 2.75) is 39.2 Å². The van der Waals surface area contributed by atoms with Gasteiger partial charge in [-0.1, -0.05) is 26.0 Å². The zero-order chi connectivity index (χ0) is 12.3. The molecule has 0 spiro atoms. The summed E-state index contributed by atoms with van der Waals surface area (Å²) in [5.41, 5.74) is 1.13. The molecule has 3 nitrogen and oxygen atoms in total. The first-order valence-corrected chi connectivity index (χ1v) is 5.44. The molecule has 0 fully saturated rings. The largest absolute Gasteiger partial charge is 0.480 e. The Balaban J connectivity index is 2.80. The van der Waals surface area contributed by atoms with Gasteiger partial charge in [-0.3, -0.25) is 0 Å². The van der Waals surface area contributed by atoms with E-state index >= 15 is 0 Å². The average molecular weight is 221 g/mol. The van der Waals surface area contributed by atoms with Crippen LogP contribution in [0.15, 0.2) is 24.3 Å². The molecular formula is C13H19NO2. The second-order valence-corrected chi connectivity index (χ2v) is 4.83. The van der Waals surface area contributed by atoms with Crippen LogP contribution in [0.25, 0.3) is 0 Å². The van der Waals surface area contributed by atoms with Gasteiger partial charge in [-0.05, 0) is 37.5 Å². The van der Waals surface area contributed by atoms with E-state index < -0.39 is 11.5 Å². The van der Waals surface area contributed by atoms with Crippen LogP contribution in [0.5, 0.6) is 0 Å². The van der Waals surface area contributed by atoms with Crippen molar-refractivity contribution in [3.8, 4) is 0 Å². The monoisotopic (exact) mass is 221 g/mol. The van der Waals surface area contributed by atoms with E-state index in [2.05, 4.69) is 19.2 Å². The van der Waals surface area contributed by atoms with Crippen molar-refractivity contribution >= 4 is 11.7 Å². The lowest BCUT2D eigenvalue weighted by atomic mass is 10.0. The molecule has 0 heterocycles. The minimum atomic E-state index is -0.945. The minimum Gasteiger partial charge on any atom is -0.480 e. The first kappa shape index (κ1) is 12.6. The molecule has 0 aliphatic heterocycles. The molecule has 0 bridgehead atoms. The number of carboxylic acid groups (broad SMARTS) is 1. The maximum atomic E-state index is 10.9. The van der Waals surface area contributed by atoms with Gasteiger partial charge < -0.3 is 10.4 Å². The Kier molecular flexibility index (Phi) is 3.58. The maximum Gasteiger partial charge on any atom is 0.328 e. The summed E-state index contributed by atoms with van der Waals surface area (Å²) < 4.78 is 0. The Bertz CT molecular complexity index is 366. The molecule has 3 heteroatoms. The number of carbonyl (C=O) groups is 1. The van der Waals surface area contributed by atoms with E-state index in [9.17, 15) is 4.79 Å². The highest BCUT2D eigenvalue weighted by atomic mass is 16.4. The number of rotatable bonds is 4. The van der Waals surface area contributed by atoms with Gasteiger partial charge in [0.1, 0.15) is 5.54 Å². The van der Waals surface area contributed by atoms with Crippen LogP contribution < -0.4 is 5.32 Å². The summed E-state index contributed by atoms with van der Waals surface area (Å²) in [7, 11) is 0. The molecular weight excluding hydrogens is 202 g/mol. The number of hydrogen-bond donors (Lipinski definition) is 2. The molecule has 1 aromatic carbocycles. The van der Waals surface area contributed by atoms with Crippen molar-refractivity contribution in [1.29, 1.82) is 0 Å². The van der Waals surface area contributed by atoms with E-state index in [1.807, 2.05) is 24.3 Å². The third-order valence-corrected chi connectivity index (χ3v) is 2.57. The highest BCUT2D eigenvalue weighted by Crippen LogP contribution is 2.19. The third kappa shape index (κ3) is 2.99. The van der Waals surface area contributed by atoms with Crippen molar-refractivity contribution in [2.24, 2.45) is 0 Å². The molecule has 0 saturated heterocycles. The van der Waals surface area contributed by atoms with E-state index in [1.54, 1.807) is 13.8 Å². The van der Waals surface area contributed by atoms with Gasteiger partial charge in [0, 0.05) is 5.69 Å². The topological polar surface area (TPSA) is 49.3 Å². The van der Waals surface area contributed by atoms with E-state index in [0.29, 0.717) is 5.92 Å². The fraction of sp³-hybridized carbons (Fsp3) is 0.462. The summed E-state index contributed by atoms with van der Waals surface area (Å²) in [5, 5.41) is 12.0. The molecule has 0 atom stereocenters. The van der Waals surface area contributed by atoms with Crippen LogP contribution >= 0.6 is 0 Å². The molecule has 1 rings (SSSR count). The third-order valence-electron chi connectivity index (χ3n) is 2.57. The normalized spacial score (nSPS) is 11.6. The van der Waals surface area contributed by atoms with Gasteiger partial charge in [0.25, 0.3) is 0 Å². The molecule has 0 aliphatic carbocycles. The Morgan fingerprint density at radius 2 is 1.75 bits per heavy atom. The Morgan fingerprint density at radius 3 is 2.12 bits per heavy atom. The highest BCUT2D eigenvalue weighted by molar-refractivity contribution is 5.81. The summed E-state index contributed by atoms with van der Waals surface area (Å²) >= 11 is 0. The summed E-state index contributed by atoms with van der Waals surface area (Å²) in [6.07, 6.45) is 0. The van der Waals surface area contributed by atoms with E-state index in [-0.39, 0.29) is 0 Å². The van der Waals surface area contributed by atoms with Gasteiger partial charge in [-0.25, -0.2) is 4.79 Å². The van der Waals surface area contributed by atoms with E-state index in [1.165, 1.54) is 5.56 Å². The fourth-order valence-corrected chi connectivity index (χ4v) is 1.37. The predicted molar refractivity (Wildman–Crippen MR) is 65.9 cm³/mol. The van der Waals surface area contributed by atoms with Crippen LogP contribution in [-0.2, 0) is 4.79 Å². The van der Waals surface area contributed by atoms with Gasteiger partial charge >= 0.3 is 5.97 Å². The van der Waals surface area contributed by atoms with E-state index in [0.717, 1.165) is 5.69 Å². The summed E-state index contributed by atoms with van der Waals surface area (Å²) in [5.74, 6) is -0.373. The van der Waals surface area contributed by atoms with Crippen LogP contribution in [0.3, 0.4) is 0 Å². The Morgan fingerprint density at radius 1 is 1.25 bits per heavy atom. The molecule has 0 radical (unpaired) electrons. The van der Waals surface area contributed by atoms with Crippen LogP contribution in [0.1, 0.15) is 39.2 Å². The van der Waals surface area contributed by atoms with Crippen LogP contribution in [0.2, 0.25) is 0 Å². The van der Waals surface area contributed by atoms with Gasteiger partial charge in [0.15, 0.2) is 0 Å². The van der Waals surface area contributed by atoms with Crippen molar-refractivity contribution in [2.75, 3.05) is 5.32 Å². The number of nitrogens with one attached hydrogen (secondary N) is 1. The zero-order valence-corrected chi connectivity index (χ0v) is 10.2. The number of benzene rings is 1. The van der Waals surface area contributed by atoms with Crippen LogP contribution in [-0.4, -0.2) is 16.6 Å². The summed E-state index contributed by atoms with van der Waals surface area (Å²) in [4.78, 5) is 10.9. The number of carboxylic acids is 1. The SMILES string of the molecule is CC(C)c1ccc(NC(C)(C)C(=O)O)cc1. The van der Waals surface area contributed by atoms with Crippen molar-refractivity contribution in [1.82, 2.24) is 0 Å². The number of hydrogen-bond acceptors (Lipinski definition) is 2. The molecule has 88 valence electrons. The smallest absolute Gasteiger partial charge is 0.328 e. The lowest BCUT2D eigenvalue weighted by Crippen LogP contribution is -2.39. The lowest BCUT2D eigenvalue weighted by Gasteiger charge is -2.22. The fourth-order valence-electron chi connectivity index (χ4n) is 1.37. The minimum absolute atomic E-state index is 0.488. The Hall–Kier alpha value is -1.51. The summed E-state index contributed by atoms with van der Waals surface area (Å²) in [6, 6.07) is 7.87. The quantitative estimate of drug-likeness (QED) is 0.821. The van der Waals surface area contributed by atoms with E-state index in [4.69, 9.17) is 5.11 Å². The van der Waals surface area contributed by atoms with Gasteiger partial charge in [-0.15, -0.1) is 0 Å². The molecule has 0 saturated carbocycles. The Labute approximate surface area is 96.5 Å². The van der Waals surface area contributed by atoms with Crippen molar-refractivity contribution in [3.05, 3.63) is 29.8 Å². The van der Waals surface area contributed by atoms with Crippen molar-refractivity contribution < 1.29 is 9.90 Å². The molecule has 0 unspecified atom stereocenters.